The Morgan fingerprint density at radius 3 is 2.86 bits per heavy atom. The number of nitrogens with one attached hydrogen (secondary N) is 3. The van der Waals surface area contributed by atoms with Gasteiger partial charge >= 0.3 is 0 Å². The molecule has 1 aromatic rings. The lowest BCUT2D eigenvalue weighted by Crippen LogP contribution is -2.38. The van der Waals surface area contributed by atoms with Crippen LogP contribution in [0.4, 0.5) is 11.6 Å². The summed E-state index contributed by atoms with van der Waals surface area (Å²) in [7, 11) is 1.75. The number of aromatic amines is 1. The van der Waals surface area contributed by atoms with Crippen LogP contribution < -0.4 is 10.6 Å². The van der Waals surface area contributed by atoms with Gasteiger partial charge in [0.05, 0.1) is 0 Å². The van der Waals surface area contributed by atoms with Gasteiger partial charge in [-0.3, -0.25) is 9.89 Å². The zero-order valence-electron chi connectivity index (χ0n) is 8.56. The summed E-state index contributed by atoms with van der Waals surface area (Å²) in [5, 5.41) is 13.0. The number of hydrogen-bond donors (Lipinski definition) is 3. The highest BCUT2D eigenvalue weighted by Crippen LogP contribution is 2.32. The van der Waals surface area contributed by atoms with Crippen LogP contribution in [0.5, 0.6) is 0 Å². The number of nitrogens with zero attached hydrogens (tertiary/aromatic N) is 1. The van der Waals surface area contributed by atoms with Crippen LogP contribution in [-0.2, 0) is 0 Å². The van der Waals surface area contributed by atoms with Crippen LogP contribution in [0.3, 0.4) is 0 Å². The van der Waals surface area contributed by atoms with E-state index in [1.165, 1.54) is 0 Å². The number of carbonyl (C=O) groups is 1. The topological polar surface area (TPSA) is 69.8 Å². The number of H-pyrrole nitrogens is 1. The van der Waals surface area contributed by atoms with E-state index in [2.05, 4.69) is 20.8 Å². The van der Waals surface area contributed by atoms with Gasteiger partial charge in [0.25, 0.3) is 0 Å². The molecular weight excluding hydrogens is 180 g/mol. The molecule has 0 aromatic carbocycles. The van der Waals surface area contributed by atoms with E-state index in [0.29, 0.717) is 17.8 Å². The summed E-state index contributed by atoms with van der Waals surface area (Å²) in [5.74, 6) is 1.46. The Balaban J connectivity index is 2.47. The van der Waals surface area contributed by atoms with Crippen molar-refractivity contribution >= 4 is 17.4 Å². The molecule has 5 heteroatoms. The van der Waals surface area contributed by atoms with E-state index in [1.54, 1.807) is 7.05 Å². The van der Waals surface area contributed by atoms with Gasteiger partial charge in [-0.15, -0.1) is 0 Å². The molecule has 0 bridgehead atoms. The molecule has 0 saturated heterocycles. The van der Waals surface area contributed by atoms with Crippen LogP contribution in [0.15, 0.2) is 0 Å². The molecule has 2 heterocycles. The van der Waals surface area contributed by atoms with E-state index in [9.17, 15) is 4.79 Å². The Morgan fingerprint density at radius 2 is 2.21 bits per heavy atom. The summed E-state index contributed by atoms with van der Waals surface area (Å²) in [6.45, 7) is 3.99. The first-order valence-corrected chi connectivity index (χ1v) is 4.61. The lowest BCUT2D eigenvalue weighted by Gasteiger charge is -2.30. The van der Waals surface area contributed by atoms with Gasteiger partial charge < -0.3 is 10.6 Å². The van der Waals surface area contributed by atoms with Crippen molar-refractivity contribution in [3.63, 3.8) is 0 Å². The van der Waals surface area contributed by atoms with Crippen LogP contribution in [0, 0.1) is 0 Å². The summed E-state index contributed by atoms with van der Waals surface area (Å²) in [4.78, 5) is 11.8. The maximum atomic E-state index is 11.8. The number of hydrogen-bond acceptors (Lipinski definition) is 4. The van der Waals surface area contributed by atoms with Crippen LogP contribution in [0.1, 0.15) is 30.6 Å². The van der Waals surface area contributed by atoms with Crippen molar-refractivity contribution in [1.82, 2.24) is 10.2 Å². The third kappa shape index (κ3) is 1.25. The van der Waals surface area contributed by atoms with E-state index in [4.69, 9.17) is 0 Å². The number of rotatable bonds is 1. The maximum Gasteiger partial charge on any atom is 0.172 e. The van der Waals surface area contributed by atoms with E-state index < -0.39 is 0 Å². The second-order valence-electron chi connectivity index (χ2n) is 4.18. The lowest BCUT2D eigenvalue weighted by atomic mass is 9.91. The smallest absolute Gasteiger partial charge is 0.172 e. The van der Waals surface area contributed by atoms with Crippen molar-refractivity contribution < 1.29 is 4.79 Å². The van der Waals surface area contributed by atoms with Gasteiger partial charge in [0.15, 0.2) is 11.6 Å². The second-order valence-corrected chi connectivity index (χ2v) is 4.18. The molecule has 2 rings (SSSR count). The van der Waals surface area contributed by atoms with E-state index in [1.807, 2.05) is 13.8 Å². The summed E-state index contributed by atoms with van der Waals surface area (Å²) >= 11 is 0. The molecule has 0 atom stereocenters. The van der Waals surface area contributed by atoms with Gasteiger partial charge in [0.2, 0.25) is 0 Å². The Bertz CT molecular complexity index is 380. The average molecular weight is 194 g/mol. The predicted molar refractivity (Wildman–Crippen MR) is 54.8 cm³/mol. The number of carbonyl (C=O) groups excluding carboxylic acids is 1. The molecule has 0 unspecified atom stereocenters. The Morgan fingerprint density at radius 1 is 1.50 bits per heavy atom. The molecule has 0 radical (unpaired) electrons. The van der Waals surface area contributed by atoms with Gasteiger partial charge in [-0.05, 0) is 13.8 Å². The van der Waals surface area contributed by atoms with Crippen molar-refractivity contribution in [3.05, 3.63) is 5.56 Å². The number of Topliss-reactive ketones (excluding diaryl/α,β-unsaturated/α-hetero) is 1. The van der Waals surface area contributed by atoms with Gasteiger partial charge in [0, 0.05) is 19.0 Å². The molecule has 1 aliphatic heterocycles. The normalized spacial score (nSPS) is 18.6. The average Bonchev–Trinajstić information content (AvgIpc) is 2.44. The molecule has 0 spiro atoms. The van der Waals surface area contributed by atoms with Crippen LogP contribution in [-0.4, -0.2) is 28.6 Å². The van der Waals surface area contributed by atoms with Crippen molar-refractivity contribution in [1.29, 1.82) is 0 Å². The predicted octanol–water partition coefficient (Wildman–Crippen LogP) is 1.23. The third-order valence-electron chi connectivity index (χ3n) is 2.35. The summed E-state index contributed by atoms with van der Waals surface area (Å²) in [6.07, 6.45) is 0.494. The molecule has 0 aliphatic carbocycles. The zero-order valence-corrected chi connectivity index (χ0v) is 8.56. The van der Waals surface area contributed by atoms with Crippen molar-refractivity contribution in [3.8, 4) is 0 Å². The first-order valence-electron chi connectivity index (χ1n) is 4.61. The fourth-order valence-electron chi connectivity index (χ4n) is 1.76. The van der Waals surface area contributed by atoms with Crippen molar-refractivity contribution in [2.24, 2.45) is 0 Å². The van der Waals surface area contributed by atoms with Crippen LogP contribution >= 0.6 is 0 Å². The highest BCUT2D eigenvalue weighted by Gasteiger charge is 2.33. The monoisotopic (exact) mass is 194 g/mol. The van der Waals surface area contributed by atoms with Crippen molar-refractivity contribution in [2.45, 2.75) is 25.8 Å². The molecule has 1 aliphatic rings. The summed E-state index contributed by atoms with van der Waals surface area (Å²) < 4.78 is 0. The van der Waals surface area contributed by atoms with Gasteiger partial charge in [-0.2, -0.15) is 5.10 Å². The second kappa shape index (κ2) is 2.73. The summed E-state index contributed by atoms with van der Waals surface area (Å²) in [6, 6.07) is 0. The van der Waals surface area contributed by atoms with Crippen LogP contribution in [0.25, 0.3) is 0 Å². The molecule has 0 fully saturated rings. The van der Waals surface area contributed by atoms with E-state index >= 15 is 0 Å². The first-order chi connectivity index (χ1) is 6.53. The molecule has 0 saturated carbocycles. The van der Waals surface area contributed by atoms with Gasteiger partial charge in [-0.25, -0.2) is 0 Å². The standard InChI is InChI=1S/C9H14N4O/c1-9(2)4-5(14)6-7(10-3)12-13-8(6)11-9/h4H2,1-3H3,(H3,10,11,12,13). The molecular formula is C9H14N4O. The highest BCUT2D eigenvalue weighted by molar-refractivity contribution is 6.07. The summed E-state index contributed by atoms with van der Waals surface area (Å²) in [5.41, 5.74) is 0.452. The maximum absolute atomic E-state index is 11.8. The van der Waals surface area contributed by atoms with Crippen LogP contribution in [0.2, 0.25) is 0 Å². The Labute approximate surface area is 82.3 Å². The van der Waals surface area contributed by atoms with E-state index in [-0.39, 0.29) is 11.3 Å². The van der Waals surface area contributed by atoms with Crippen molar-refractivity contribution in [2.75, 3.05) is 17.7 Å². The Hall–Kier alpha value is -1.52. The Kier molecular flexibility index (Phi) is 1.77. The first kappa shape index (κ1) is 9.05. The minimum absolute atomic E-state index is 0.127. The lowest BCUT2D eigenvalue weighted by molar-refractivity contribution is 0.0959. The number of anilines is 2. The molecule has 0 amide bonds. The highest BCUT2D eigenvalue weighted by atomic mass is 16.1. The molecule has 76 valence electrons. The number of fused-ring (bicyclic) bond motifs is 1. The fraction of sp³-hybridized carbons (Fsp3) is 0.556. The molecule has 1 aromatic heterocycles. The largest absolute Gasteiger partial charge is 0.371 e. The van der Waals surface area contributed by atoms with E-state index in [0.717, 1.165) is 5.82 Å². The fourth-order valence-corrected chi connectivity index (χ4v) is 1.76. The van der Waals surface area contributed by atoms with Gasteiger partial charge in [0.1, 0.15) is 11.4 Å². The molecule has 14 heavy (non-hydrogen) atoms. The minimum atomic E-state index is -0.193. The number of ketones is 1. The minimum Gasteiger partial charge on any atom is -0.371 e. The quantitative estimate of drug-likeness (QED) is 0.629. The molecule has 5 nitrogen and oxygen atoms in total. The molecule has 3 N–H and O–H groups in total. The van der Waals surface area contributed by atoms with Gasteiger partial charge in [-0.1, -0.05) is 0 Å². The zero-order chi connectivity index (χ0) is 10.3. The SMILES string of the molecule is CNc1n[nH]c2c1C(=O)CC(C)(C)N2. The third-order valence-corrected chi connectivity index (χ3v) is 2.35. The number of aromatic nitrogens is 2.